The van der Waals surface area contributed by atoms with Crippen LogP contribution >= 0.6 is 0 Å². The quantitative estimate of drug-likeness (QED) is 0.805. The monoisotopic (exact) mass is 301 g/mol. The maximum Gasteiger partial charge on any atom is 0.257 e. The highest BCUT2D eigenvalue weighted by atomic mass is 19.1. The number of amides is 1. The van der Waals surface area contributed by atoms with E-state index < -0.39 is 17.5 Å². The third-order valence-corrected chi connectivity index (χ3v) is 2.88. The normalized spacial score (nSPS) is 10.5. The van der Waals surface area contributed by atoms with E-state index in [-0.39, 0.29) is 11.3 Å². The fourth-order valence-corrected chi connectivity index (χ4v) is 1.93. The van der Waals surface area contributed by atoms with Crippen molar-refractivity contribution in [3.63, 3.8) is 0 Å². The molecule has 0 unspecified atom stereocenters. The fraction of sp³-hybridized carbons (Fsp3) is 0. The molecule has 8 heteroatoms. The second-order valence-corrected chi connectivity index (χ2v) is 4.38. The molecule has 1 N–H and O–H groups in total. The summed E-state index contributed by atoms with van der Waals surface area (Å²) in [5.41, 5.74) is 0.591. The summed E-state index contributed by atoms with van der Waals surface area (Å²) in [5, 5.41) is 13.1. The fourth-order valence-electron chi connectivity index (χ4n) is 1.93. The molecule has 2 aromatic carbocycles. The number of carbonyl (C=O) groups excluding carboxylic acids is 1. The minimum absolute atomic E-state index is 0.0246. The number of hydrogen-bond donors (Lipinski definition) is 1. The summed E-state index contributed by atoms with van der Waals surface area (Å²) in [7, 11) is 0. The van der Waals surface area contributed by atoms with E-state index in [1.54, 1.807) is 0 Å². The van der Waals surface area contributed by atoms with E-state index in [4.69, 9.17) is 0 Å². The smallest absolute Gasteiger partial charge is 0.257 e. The first kappa shape index (κ1) is 13.8. The second-order valence-electron chi connectivity index (χ2n) is 4.38. The molecule has 0 spiro atoms. The third-order valence-electron chi connectivity index (χ3n) is 2.88. The van der Waals surface area contributed by atoms with E-state index in [9.17, 15) is 13.6 Å². The van der Waals surface area contributed by atoms with Gasteiger partial charge in [0.05, 0.1) is 11.3 Å². The van der Waals surface area contributed by atoms with Crippen LogP contribution in [0.15, 0.2) is 48.8 Å². The largest absolute Gasteiger partial charge is 0.322 e. The summed E-state index contributed by atoms with van der Waals surface area (Å²) >= 11 is 0. The van der Waals surface area contributed by atoms with Crippen molar-refractivity contribution in [3.05, 3.63) is 66.0 Å². The Morgan fingerprint density at radius 1 is 1.09 bits per heavy atom. The van der Waals surface area contributed by atoms with Crippen molar-refractivity contribution in [1.29, 1.82) is 0 Å². The molecular weight excluding hydrogens is 292 g/mol. The standard InChI is InChI=1S/C14H9F2N5O/c15-9-2-1-3-11(6-9)18-14(22)12-7-10(16)4-5-13(12)21-8-17-19-20-21/h1-8H,(H,18,22). The molecule has 1 amide bonds. The number of anilines is 1. The molecule has 0 fully saturated rings. The number of nitrogens with zero attached hydrogens (tertiary/aromatic N) is 4. The summed E-state index contributed by atoms with van der Waals surface area (Å²) in [6.45, 7) is 0. The minimum atomic E-state index is -0.601. The Balaban J connectivity index is 1.97. The van der Waals surface area contributed by atoms with Crippen LogP contribution in [0.25, 0.3) is 5.69 Å². The lowest BCUT2D eigenvalue weighted by Gasteiger charge is -2.09. The molecule has 0 aliphatic carbocycles. The predicted octanol–water partition coefficient (Wildman–Crippen LogP) is 2.19. The van der Waals surface area contributed by atoms with Crippen molar-refractivity contribution in [2.45, 2.75) is 0 Å². The highest BCUT2D eigenvalue weighted by Crippen LogP contribution is 2.17. The van der Waals surface area contributed by atoms with Gasteiger partial charge in [-0.1, -0.05) is 6.07 Å². The Hall–Kier alpha value is -3.16. The number of carbonyl (C=O) groups is 1. The number of halogens is 2. The molecule has 0 radical (unpaired) electrons. The van der Waals surface area contributed by atoms with Crippen LogP contribution in [0.1, 0.15) is 10.4 Å². The van der Waals surface area contributed by atoms with Crippen molar-refractivity contribution < 1.29 is 13.6 Å². The highest BCUT2D eigenvalue weighted by molar-refractivity contribution is 6.06. The van der Waals surface area contributed by atoms with E-state index in [0.717, 1.165) is 12.1 Å². The molecule has 3 rings (SSSR count). The molecule has 6 nitrogen and oxygen atoms in total. The van der Waals surface area contributed by atoms with Gasteiger partial charge in [-0.15, -0.1) is 5.10 Å². The molecule has 0 saturated heterocycles. The Labute approximate surface area is 123 Å². The summed E-state index contributed by atoms with van der Waals surface area (Å²) < 4.78 is 27.8. The van der Waals surface area contributed by atoms with Crippen LogP contribution in [0.4, 0.5) is 14.5 Å². The lowest BCUT2D eigenvalue weighted by atomic mass is 10.1. The number of rotatable bonds is 3. The molecular formula is C14H9F2N5O. The molecule has 0 bridgehead atoms. The lowest BCUT2D eigenvalue weighted by Crippen LogP contribution is -2.16. The highest BCUT2D eigenvalue weighted by Gasteiger charge is 2.15. The zero-order valence-corrected chi connectivity index (χ0v) is 11.1. The maximum atomic E-state index is 13.5. The summed E-state index contributed by atoms with van der Waals surface area (Å²) in [4.78, 5) is 12.3. The van der Waals surface area contributed by atoms with Gasteiger partial charge in [-0.2, -0.15) is 4.68 Å². The molecule has 0 aliphatic rings. The van der Waals surface area contributed by atoms with Gasteiger partial charge in [0.25, 0.3) is 5.91 Å². The van der Waals surface area contributed by atoms with E-state index in [0.29, 0.717) is 5.69 Å². The van der Waals surface area contributed by atoms with Crippen molar-refractivity contribution in [1.82, 2.24) is 20.2 Å². The number of benzene rings is 2. The predicted molar refractivity (Wildman–Crippen MR) is 73.5 cm³/mol. The number of tetrazole rings is 1. The first-order valence-electron chi connectivity index (χ1n) is 6.23. The van der Waals surface area contributed by atoms with Crippen LogP contribution in [-0.4, -0.2) is 26.1 Å². The molecule has 0 saturated carbocycles. The Bertz CT molecular complexity index is 820. The first-order chi connectivity index (χ1) is 10.6. The number of hydrogen-bond acceptors (Lipinski definition) is 4. The molecule has 1 heterocycles. The van der Waals surface area contributed by atoms with Gasteiger partial charge in [0.1, 0.15) is 18.0 Å². The number of aromatic nitrogens is 4. The van der Waals surface area contributed by atoms with Gasteiger partial charge in [-0.25, -0.2) is 8.78 Å². The summed E-state index contributed by atoms with van der Waals surface area (Å²) in [6.07, 6.45) is 1.28. The van der Waals surface area contributed by atoms with Crippen molar-refractivity contribution in [3.8, 4) is 5.69 Å². The van der Waals surface area contributed by atoms with Gasteiger partial charge in [0.2, 0.25) is 0 Å². The van der Waals surface area contributed by atoms with E-state index in [1.165, 1.54) is 41.3 Å². The van der Waals surface area contributed by atoms with Gasteiger partial charge in [0.15, 0.2) is 0 Å². The topological polar surface area (TPSA) is 72.7 Å². The van der Waals surface area contributed by atoms with E-state index in [2.05, 4.69) is 20.8 Å². The molecule has 0 atom stereocenters. The summed E-state index contributed by atoms with van der Waals surface area (Å²) in [5.74, 6) is -1.67. The van der Waals surface area contributed by atoms with Crippen LogP contribution in [0.2, 0.25) is 0 Å². The van der Waals surface area contributed by atoms with Crippen molar-refractivity contribution in [2.75, 3.05) is 5.32 Å². The maximum absolute atomic E-state index is 13.5. The Morgan fingerprint density at radius 3 is 2.64 bits per heavy atom. The van der Waals surface area contributed by atoms with E-state index in [1.807, 2.05) is 0 Å². The average molecular weight is 301 g/mol. The zero-order chi connectivity index (χ0) is 15.5. The van der Waals surface area contributed by atoms with Crippen LogP contribution in [-0.2, 0) is 0 Å². The molecule has 3 aromatic rings. The Kier molecular flexibility index (Phi) is 3.57. The number of nitrogens with one attached hydrogen (secondary N) is 1. The summed E-state index contributed by atoms with van der Waals surface area (Å²) in [6, 6.07) is 9.03. The SMILES string of the molecule is O=C(Nc1cccc(F)c1)c1cc(F)ccc1-n1cnnn1. The zero-order valence-electron chi connectivity index (χ0n) is 11.1. The third kappa shape index (κ3) is 2.80. The van der Waals surface area contributed by atoms with Gasteiger partial charge in [-0.3, -0.25) is 4.79 Å². The average Bonchev–Trinajstić information content (AvgIpc) is 3.01. The second kappa shape index (κ2) is 5.68. The molecule has 22 heavy (non-hydrogen) atoms. The van der Waals surface area contributed by atoms with Gasteiger partial charge < -0.3 is 5.32 Å². The van der Waals surface area contributed by atoms with Crippen LogP contribution < -0.4 is 5.32 Å². The first-order valence-corrected chi connectivity index (χ1v) is 6.23. The van der Waals surface area contributed by atoms with E-state index >= 15 is 0 Å². The minimum Gasteiger partial charge on any atom is -0.322 e. The van der Waals surface area contributed by atoms with Crippen molar-refractivity contribution in [2.24, 2.45) is 0 Å². The van der Waals surface area contributed by atoms with Crippen LogP contribution in [0, 0.1) is 11.6 Å². The Morgan fingerprint density at radius 2 is 1.91 bits per heavy atom. The molecule has 1 aromatic heterocycles. The van der Waals surface area contributed by atoms with Crippen LogP contribution in [0.3, 0.4) is 0 Å². The molecule has 0 aliphatic heterocycles. The van der Waals surface area contributed by atoms with Crippen LogP contribution in [0.5, 0.6) is 0 Å². The van der Waals surface area contributed by atoms with Gasteiger partial charge >= 0.3 is 0 Å². The van der Waals surface area contributed by atoms with Gasteiger partial charge in [-0.05, 0) is 46.8 Å². The van der Waals surface area contributed by atoms with Crippen molar-refractivity contribution >= 4 is 11.6 Å². The lowest BCUT2D eigenvalue weighted by molar-refractivity contribution is 0.102. The van der Waals surface area contributed by atoms with Gasteiger partial charge in [0, 0.05) is 5.69 Å². The molecule has 110 valence electrons.